The Balaban J connectivity index is 0.000000838. The van der Waals surface area contributed by atoms with E-state index in [1.165, 1.54) is 18.2 Å². The number of pyridine rings is 1. The van der Waals surface area contributed by atoms with Crippen LogP contribution < -0.4 is 37.3 Å². The van der Waals surface area contributed by atoms with Crippen LogP contribution in [0.5, 0.6) is 11.5 Å². The number of hydrogen-bond acceptors (Lipinski definition) is 9. The van der Waals surface area contributed by atoms with Crippen molar-refractivity contribution in [1.82, 2.24) is 10.3 Å². The van der Waals surface area contributed by atoms with Crippen molar-refractivity contribution in [3.05, 3.63) is 89.1 Å². The van der Waals surface area contributed by atoms with Gasteiger partial charge in [-0.1, -0.05) is 6.07 Å². The number of fused-ring (bicyclic) bond motifs is 1. The largest absolute Gasteiger partial charge is 0.490 e. The second-order valence-corrected chi connectivity index (χ2v) is 10.7. The molecular weight excluding hydrogens is 649 g/mol. The number of nitrogens with two attached hydrogens (primary N) is 3. The number of anilines is 2. The van der Waals surface area contributed by atoms with Crippen LogP contribution in [0.25, 0.3) is 10.8 Å². The van der Waals surface area contributed by atoms with E-state index in [2.05, 4.69) is 15.6 Å². The fourth-order valence-corrected chi connectivity index (χ4v) is 4.45. The number of aromatic nitrogens is 1. The zero-order chi connectivity index (χ0) is 36.5. The number of primary amides is 2. The van der Waals surface area contributed by atoms with Crippen LogP contribution in [0.3, 0.4) is 0 Å². The molecule has 0 aliphatic heterocycles. The van der Waals surface area contributed by atoms with Gasteiger partial charge >= 0.3 is 12.1 Å². The zero-order valence-corrected chi connectivity index (χ0v) is 26.6. The van der Waals surface area contributed by atoms with Gasteiger partial charge in [0.2, 0.25) is 17.7 Å². The molecule has 4 aromatic rings. The third-order valence-corrected chi connectivity index (χ3v) is 6.60. The average molecular weight is 685 g/mol. The summed E-state index contributed by atoms with van der Waals surface area (Å²) in [6.45, 7) is 6.11. The summed E-state index contributed by atoms with van der Waals surface area (Å²) in [5.41, 5.74) is 18.8. The van der Waals surface area contributed by atoms with Crippen molar-refractivity contribution < 1.29 is 46.9 Å². The van der Waals surface area contributed by atoms with Gasteiger partial charge in [0, 0.05) is 34.9 Å². The number of carbonyl (C=O) groups is 4. The molecule has 13 nitrogen and oxygen atoms in total. The maximum absolute atomic E-state index is 13.7. The lowest BCUT2D eigenvalue weighted by Crippen LogP contribution is -2.33. The molecule has 0 fully saturated rings. The molecule has 9 N–H and O–H groups in total. The summed E-state index contributed by atoms with van der Waals surface area (Å²) in [4.78, 5) is 50.4. The molecule has 3 amide bonds. The Labute approximate surface area is 278 Å². The number of carboxylic acid groups (broad SMARTS) is 1. The summed E-state index contributed by atoms with van der Waals surface area (Å²) in [5, 5.41) is 15.0. The Morgan fingerprint density at radius 2 is 1.55 bits per heavy atom. The molecule has 49 heavy (non-hydrogen) atoms. The Morgan fingerprint density at radius 1 is 0.918 bits per heavy atom. The second-order valence-electron chi connectivity index (χ2n) is 10.7. The van der Waals surface area contributed by atoms with Gasteiger partial charge in [-0.15, -0.1) is 0 Å². The number of halogens is 3. The molecule has 0 aliphatic carbocycles. The normalized spacial score (nSPS) is 11.6. The lowest BCUT2D eigenvalue weighted by atomic mass is 10.0. The fourth-order valence-electron chi connectivity index (χ4n) is 4.45. The minimum atomic E-state index is -5.08. The van der Waals surface area contributed by atoms with E-state index in [1.54, 1.807) is 24.4 Å². The third-order valence-electron chi connectivity index (χ3n) is 6.60. The Bertz CT molecular complexity index is 1820. The molecule has 1 unspecified atom stereocenters. The van der Waals surface area contributed by atoms with E-state index in [-0.39, 0.29) is 29.7 Å². The molecule has 260 valence electrons. The summed E-state index contributed by atoms with van der Waals surface area (Å²) in [5.74, 6) is -3.11. The first-order valence-electron chi connectivity index (χ1n) is 14.7. The highest BCUT2D eigenvalue weighted by atomic mass is 19.4. The van der Waals surface area contributed by atoms with E-state index in [1.807, 2.05) is 45.0 Å². The van der Waals surface area contributed by atoms with Crippen molar-refractivity contribution in [2.45, 2.75) is 45.6 Å². The number of nitrogen functional groups attached to an aromatic ring is 1. The van der Waals surface area contributed by atoms with Gasteiger partial charge in [-0.2, -0.15) is 13.2 Å². The number of nitrogens with one attached hydrogen (secondary N) is 2. The second kappa shape index (κ2) is 16.2. The maximum Gasteiger partial charge on any atom is 0.490 e. The summed E-state index contributed by atoms with van der Waals surface area (Å²) in [6.07, 6.45) is -3.54. The molecular formula is C33H35F3N6O7. The molecule has 0 saturated carbocycles. The number of carboxylic acids is 1. The van der Waals surface area contributed by atoms with Crippen molar-refractivity contribution >= 4 is 46.0 Å². The number of benzene rings is 3. The minimum absolute atomic E-state index is 0.00516. The van der Waals surface area contributed by atoms with Crippen LogP contribution in [0, 0.1) is 0 Å². The molecule has 16 heteroatoms. The van der Waals surface area contributed by atoms with Crippen LogP contribution in [-0.2, 0) is 16.1 Å². The fraction of sp³-hybridized carbons (Fsp3) is 0.242. The number of aliphatic carboxylic acids is 1. The Kier molecular flexibility index (Phi) is 12.3. The SMILES string of the molecule is CCOc1cc(C(Nc2ccc3c(N)nccc3c2)C(=O)NCc2cc(C(N)=O)cc(C(N)=O)c2)ccc1OC(C)C.O=C(O)C(F)(F)F. The van der Waals surface area contributed by atoms with Crippen LogP contribution in [-0.4, -0.2) is 52.7 Å². The molecule has 0 aliphatic rings. The van der Waals surface area contributed by atoms with Gasteiger partial charge in [0.1, 0.15) is 11.9 Å². The van der Waals surface area contributed by atoms with Crippen molar-refractivity contribution in [1.29, 1.82) is 0 Å². The summed E-state index contributed by atoms with van der Waals surface area (Å²) in [7, 11) is 0. The lowest BCUT2D eigenvalue weighted by Gasteiger charge is -2.22. The molecule has 1 heterocycles. The van der Waals surface area contributed by atoms with E-state index < -0.39 is 30.0 Å². The zero-order valence-electron chi connectivity index (χ0n) is 26.6. The van der Waals surface area contributed by atoms with Gasteiger partial charge in [-0.05, 0) is 91.9 Å². The molecule has 0 saturated heterocycles. The summed E-state index contributed by atoms with van der Waals surface area (Å²) >= 11 is 0. The summed E-state index contributed by atoms with van der Waals surface area (Å²) in [6, 6.07) is 16.1. The van der Waals surface area contributed by atoms with Gasteiger partial charge in [-0.3, -0.25) is 14.4 Å². The van der Waals surface area contributed by atoms with Crippen molar-refractivity contribution in [2.24, 2.45) is 11.5 Å². The predicted molar refractivity (Wildman–Crippen MR) is 175 cm³/mol. The van der Waals surface area contributed by atoms with E-state index >= 15 is 0 Å². The average Bonchev–Trinajstić information content (AvgIpc) is 3.03. The number of rotatable bonds is 12. The highest BCUT2D eigenvalue weighted by Crippen LogP contribution is 2.33. The smallest absolute Gasteiger partial charge is 0.490 e. The third kappa shape index (κ3) is 10.5. The number of amides is 3. The first kappa shape index (κ1) is 37.4. The van der Waals surface area contributed by atoms with Gasteiger partial charge in [0.15, 0.2) is 11.5 Å². The van der Waals surface area contributed by atoms with Crippen molar-refractivity contribution in [3.8, 4) is 11.5 Å². The van der Waals surface area contributed by atoms with E-state index in [0.717, 1.165) is 10.8 Å². The van der Waals surface area contributed by atoms with Crippen LogP contribution in [0.15, 0.2) is 66.9 Å². The topological polar surface area (TPSA) is 222 Å². The molecule has 3 aromatic carbocycles. The van der Waals surface area contributed by atoms with Crippen LogP contribution in [0.1, 0.15) is 58.7 Å². The van der Waals surface area contributed by atoms with E-state index in [9.17, 15) is 27.6 Å². The van der Waals surface area contributed by atoms with Gasteiger partial charge < -0.3 is 42.4 Å². The first-order chi connectivity index (χ1) is 23.0. The summed E-state index contributed by atoms with van der Waals surface area (Å²) < 4.78 is 43.5. The van der Waals surface area contributed by atoms with E-state index in [0.29, 0.717) is 40.7 Å². The lowest BCUT2D eigenvalue weighted by molar-refractivity contribution is -0.192. The number of hydrogen-bond donors (Lipinski definition) is 6. The molecule has 4 rings (SSSR count). The standard InChI is InChI=1S/C31H34N6O5.C2HF3O2/c1-4-41-26-15-20(5-8-25(26)42-17(2)3)27(37-23-6-7-24-19(14-23)9-10-35-28(24)32)31(40)36-16-18-11-21(29(33)38)13-22(12-18)30(34)39;3-2(4,5)1(6)7/h5-15,17,27,37H,4,16H2,1-3H3,(H2,32,35)(H2,33,38)(H2,34,39)(H,36,40);(H,6,7). The van der Waals surface area contributed by atoms with Crippen LogP contribution in [0.2, 0.25) is 0 Å². The van der Waals surface area contributed by atoms with Crippen molar-refractivity contribution in [2.75, 3.05) is 17.7 Å². The van der Waals surface area contributed by atoms with Gasteiger partial charge in [0.25, 0.3) is 0 Å². The number of carbonyl (C=O) groups excluding carboxylic acids is 3. The van der Waals surface area contributed by atoms with Crippen LogP contribution in [0.4, 0.5) is 24.7 Å². The number of nitrogens with zero attached hydrogens (tertiary/aromatic N) is 1. The predicted octanol–water partition coefficient (Wildman–Crippen LogP) is 4.30. The van der Waals surface area contributed by atoms with Gasteiger partial charge in [0.05, 0.1) is 12.7 Å². The molecule has 1 aromatic heterocycles. The monoisotopic (exact) mass is 684 g/mol. The van der Waals surface area contributed by atoms with E-state index in [4.69, 9.17) is 36.6 Å². The molecule has 0 bridgehead atoms. The highest BCUT2D eigenvalue weighted by molar-refractivity contribution is 5.99. The quantitative estimate of drug-likeness (QED) is 0.124. The molecule has 0 spiro atoms. The number of ether oxygens (including phenoxy) is 2. The van der Waals surface area contributed by atoms with Crippen molar-refractivity contribution in [3.63, 3.8) is 0 Å². The Morgan fingerprint density at radius 3 is 2.10 bits per heavy atom. The van der Waals surface area contributed by atoms with Gasteiger partial charge in [-0.25, -0.2) is 9.78 Å². The first-order valence-corrected chi connectivity index (χ1v) is 14.7. The maximum atomic E-state index is 13.7. The number of alkyl halides is 3. The van der Waals surface area contributed by atoms with Crippen LogP contribution >= 0.6 is 0 Å². The minimum Gasteiger partial charge on any atom is -0.490 e. The molecule has 0 radical (unpaired) electrons. The Hall–Kier alpha value is -6.06. The molecule has 1 atom stereocenters. The highest BCUT2D eigenvalue weighted by Gasteiger charge is 2.38.